The van der Waals surface area contributed by atoms with E-state index in [2.05, 4.69) is 22.8 Å². The number of ether oxygens (including phenoxy) is 1. The van der Waals surface area contributed by atoms with Crippen molar-refractivity contribution in [2.45, 2.75) is 26.2 Å². The number of benzene rings is 1. The Labute approximate surface area is 130 Å². The van der Waals surface area contributed by atoms with Gasteiger partial charge in [-0.3, -0.25) is 9.59 Å². The van der Waals surface area contributed by atoms with E-state index in [-0.39, 0.29) is 11.8 Å². The zero-order chi connectivity index (χ0) is 15.8. The lowest BCUT2D eigenvalue weighted by Crippen LogP contribution is -2.29. The summed E-state index contributed by atoms with van der Waals surface area (Å²) in [4.78, 5) is 22.7. The fraction of sp³-hybridized carbons (Fsp3) is 0.412. The Balaban J connectivity index is 1.66. The van der Waals surface area contributed by atoms with Crippen LogP contribution >= 0.6 is 0 Å². The molecule has 0 radical (unpaired) electrons. The maximum absolute atomic E-state index is 11.7. The Morgan fingerprint density at radius 2 is 2.23 bits per heavy atom. The predicted molar refractivity (Wildman–Crippen MR) is 85.7 cm³/mol. The first-order chi connectivity index (χ1) is 10.6. The van der Waals surface area contributed by atoms with E-state index in [0.717, 1.165) is 12.8 Å². The molecule has 1 aliphatic carbocycles. The van der Waals surface area contributed by atoms with Gasteiger partial charge < -0.3 is 15.4 Å². The Hall–Kier alpha value is -2.30. The number of allylic oxidation sites excluding steroid dienone is 2. The highest BCUT2D eigenvalue weighted by atomic mass is 16.5. The lowest BCUT2D eigenvalue weighted by molar-refractivity contribution is -0.121. The van der Waals surface area contributed by atoms with Gasteiger partial charge in [0, 0.05) is 25.1 Å². The van der Waals surface area contributed by atoms with Crippen molar-refractivity contribution in [1.29, 1.82) is 0 Å². The highest BCUT2D eigenvalue weighted by Gasteiger charge is 2.13. The summed E-state index contributed by atoms with van der Waals surface area (Å²) < 4.78 is 5.57. The average Bonchev–Trinajstić information content (AvgIpc) is 2.96. The van der Waals surface area contributed by atoms with Crippen LogP contribution in [0.1, 0.15) is 26.2 Å². The molecule has 2 N–H and O–H groups in total. The van der Waals surface area contributed by atoms with Gasteiger partial charge in [-0.1, -0.05) is 18.2 Å². The van der Waals surface area contributed by atoms with E-state index in [1.165, 1.54) is 6.92 Å². The van der Waals surface area contributed by atoms with Crippen molar-refractivity contribution >= 4 is 17.5 Å². The summed E-state index contributed by atoms with van der Waals surface area (Å²) in [6.45, 7) is 2.33. The SMILES string of the molecule is CC(=O)Nc1cccc(OCCNC(=O)C[C@H]2C=CCC2)c1. The lowest BCUT2D eigenvalue weighted by atomic mass is 10.1. The molecular weight excluding hydrogens is 280 g/mol. The average molecular weight is 302 g/mol. The molecule has 1 atom stereocenters. The van der Waals surface area contributed by atoms with Crippen LogP contribution in [0.15, 0.2) is 36.4 Å². The molecule has 1 aromatic rings. The van der Waals surface area contributed by atoms with Crippen LogP contribution in [0.5, 0.6) is 5.75 Å². The Kier molecular flexibility index (Phi) is 6.01. The van der Waals surface area contributed by atoms with Crippen molar-refractivity contribution in [3.8, 4) is 5.75 Å². The van der Waals surface area contributed by atoms with Gasteiger partial charge >= 0.3 is 0 Å². The van der Waals surface area contributed by atoms with E-state index < -0.39 is 0 Å². The van der Waals surface area contributed by atoms with Crippen LogP contribution < -0.4 is 15.4 Å². The van der Waals surface area contributed by atoms with Gasteiger partial charge in [-0.2, -0.15) is 0 Å². The van der Waals surface area contributed by atoms with Crippen LogP contribution in [-0.2, 0) is 9.59 Å². The molecule has 1 aromatic carbocycles. The van der Waals surface area contributed by atoms with Crippen LogP contribution in [0.3, 0.4) is 0 Å². The van der Waals surface area contributed by atoms with E-state index >= 15 is 0 Å². The summed E-state index contributed by atoms with van der Waals surface area (Å²) in [7, 11) is 0. The fourth-order valence-electron chi connectivity index (χ4n) is 2.40. The maximum Gasteiger partial charge on any atom is 0.221 e. The Bertz CT molecular complexity index is 555. The zero-order valence-electron chi connectivity index (χ0n) is 12.8. The van der Waals surface area contributed by atoms with Crippen molar-refractivity contribution in [2.75, 3.05) is 18.5 Å². The van der Waals surface area contributed by atoms with Crippen LogP contribution in [0.4, 0.5) is 5.69 Å². The van der Waals surface area contributed by atoms with Crippen LogP contribution in [0.25, 0.3) is 0 Å². The first-order valence-electron chi connectivity index (χ1n) is 7.57. The van der Waals surface area contributed by atoms with Crippen LogP contribution in [-0.4, -0.2) is 25.0 Å². The molecular formula is C17H22N2O3. The van der Waals surface area contributed by atoms with Crippen molar-refractivity contribution in [3.05, 3.63) is 36.4 Å². The maximum atomic E-state index is 11.7. The number of nitrogens with one attached hydrogen (secondary N) is 2. The van der Waals surface area contributed by atoms with E-state index in [1.54, 1.807) is 12.1 Å². The molecule has 22 heavy (non-hydrogen) atoms. The van der Waals surface area contributed by atoms with Crippen LogP contribution in [0, 0.1) is 5.92 Å². The molecule has 0 saturated heterocycles. The van der Waals surface area contributed by atoms with Gasteiger partial charge in [0.1, 0.15) is 12.4 Å². The molecule has 0 heterocycles. The van der Waals surface area contributed by atoms with Gasteiger partial charge in [0.25, 0.3) is 0 Å². The summed E-state index contributed by atoms with van der Waals surface area (Å²) in [6.07, 6.45) is 6.94. The minimum absolute atomic E-state index is 0.0622. The molecule has 1 aliphatic rings. The van der Waals surface area contributed by atoms with E-state index in [1.807, 2.05) is 12.1 Å². The van der Waals surface area contributed by atoms with E-state index in [0.29, 0.717) is 36.9 Å². The molecule has 0 unspecified atom stereocenters. The van der Waals surface area contributed by atoms with Gasteiger partial charge in [-0.05, 0) is 30.9 Å². The van der Waals surface area contributed by atoms with Gasteiger partial charge in [0.05, 0.1) is 6.54 Å². The molecule has 0 bridgehead atoms. The quantitative estimate of drug-likeness (QED) is 0.600. The number of carbonyl (C=O) groups is 2. The first-order valence-corrected chi connectivity index (χ1v) is 7.57. The largest absolute Gasteiger partial charge is 0.492 e. The summed E-state index contributed by atoms with van der Waals surface area (Å²) in [6, 6.07) is 7.18. The number of carbonyl (C=O) groups excluding carboxylic acids is 2. The third-order valence-corrected chi connectivity index (χ3v) is 3.41. The second kappa shape index (κ2) is 8.22. The second-order valence-corrected chi connectivity index (χ2v) is 5.38. The standard InChI is InChI=1S/C17H22N2O3/c1-13(20)19-15-7-4-8-16(12-15)22-10-9-18-17(21)11-14-5-2-3-6-14/h2,4-5,7-8,12,14H,3,6,9-11H2,1H3,(H,18,21)(H,19,20)/t14-/m0/s1. The molecule has 118 valence electrons. The minimum Gasteiger partial charge on any atom is -0.492 e. The van der Waals surface area contributed by atoms with Crippen molar-refractivity contribution in [1.82, 2.24) is 5.32 Å². The summed E-state index contributed by atoms with van der Waals surface area (Å²) in [5.74, 6) is 0.993. The van der Waals surface area contributed by atoms with Gasteiger partial charge in [0.2, 0.25) is 11.8 Å². The number of amides is 2. The van der Waals surface area contributed by atoms with E-state index in [4.69, 9.17) is 4.74 Å². The minimum atomic E-state index is -0.120. The molecule has 0 spiro atoms. The van der Waals surface area contributed by atoms with Crippen molar-refractivity contribution < 1.29 is 14.3 Å². The zero-order valence-corrected chi connectivity index (χ0v) is 12.8. The number of hydrogen-bond donors (Lipinski definition) is 2. The third-order valence-electron chi connectivity index (χ3n) is 3.41. The van der Waals surface area contributed by atoms with Crippen LogP contribution in [0.2, 0.25) is 0 Å². The fourth-order valence-corrected chi connectivity index (χ4v) is 2.40. The monoisotopic (exact) mass is 302 g/mol. The molecule has 0 aromatic heterocycles. The highest BCUT2D eigenvalue weighted by Crippen LogP contribution is 2.20. The highest BCUT2D eigenvalue weighted by molar-refractivity contribution is 5.88. The molecule has 0 saturated carbocycles. The number of hydrogen-bond acceptors (Lipinski definition) is 3. The molecule has 2 amide bonds. The van der Waals surface area contributed by atoms with Gasteiger partial charge in [0.15, 0.2) is 0 Å². The smallest absolute Gasteiger partial charge is 0.221 e. The van der Waals surface area contributed by atoms with Crippen molar-refractivity contribution in [3.63, 3.8) is 0 Å². The van der Waals surface area contributed by atoms with Crippen molar-refractivity contribution in [2.24, 2.45) is 5.92 Å². The summed E-state index contributed by atoms with van der Waals surface area (Å²) in [5, 5.41) is 5.56. The molecule has 0 fully saturated rings. The second-order valence-electron chi connectivity index (χ2n) is 5.38. The Morgan fingerprint density at radius 3 is 2.95 bits per heavy atom. The number of rotatable bonds is 7. The molecule has 5 nitrogen and oxygen atoms in total. The van der Waals surface area contributed by atoms with Gasteiger partial charge in [-0.15, -0.1) is 0 Å². The molecule has 5 heteroatoms. The first kappa shape index (κ1) is 16.1. The normalized spacial score (nSPS) is 16.3. The predicted octanol–water partition coefficient (Wildman–Crippen LogP) is 2.50. The summed E-state index contributed by atoms with van der Waals surface area (Å²) in [5.41, 5.74) is 0.696. The Morgan fingerprint density at radius 1 is 1.36 bits per heavy atom. The lowest BCUT2D eigenvalue weighted by Gasteiger charge is -2.10. The number of anilines is 1. The van der Waals surface area contributed by atoms with E-state index in [9.17, 15) is 9.59 Å². The molecule has 0 aliphatic heterocycles. The summed E-state index contributed by atoms with van der Waals surface area (Å²) >= 11 is 0. The topological polar surface area (TPSA) is 67.4 Å². The third kappa shape index (κ3) is 5.60. The molecule has 2 rings (SSSR count). The van der Waals surface area contributed by atoms with Gasteiger partial charge in [-0.25, -0.2) is 0 Å².